The molecule has 0 atom stereocenters. The third kappa shape index (κ3) is 4.95. The number of hydrogen-bond acceptors (Lipinski definition) is 1. The fourth-order valence-corrected chi connectivity index (χ4v) is 10.0. The van der Waals surface area contributed by atoms with Crippen molar-refractivity contribution in [3.63, 3.8) is 0 Å². The van der Waals surface area contributed by atoms with Crippen molar-refractivity contribution in [2.75, 3.05) is 4.90 Å². The Kier molecular flexibility index (Phi) is 7.05. The Morgan fingerprint density at radius 3 is 1.35 bits per heavy atom. The van der Waals surface area contributed by atoms with Crippen molar-refractivity contribution in [2.24, 2.45) is 0 Å². The summed E-state index contributed by atoms with van der Waals surface area (Å²) in [5.41, 5.74) is 14.4. The molecule has 278 valence electrons. The molecule has 0 radical (unpaired) electrons. The topological polar surface area (TPSA) is 7.65 Å². The summed E-state index contributed by atoms with van der Waals surface area (Å²) < 4.78 is 2.46. The summed E-state index contributed by atoms with van der Waals surface area (Å²) in [5.74, 6) is 0. The van der Waals surface area contributed by atoms with Crippen LogP contribution >= 0.6 is 0 Å². The molecule has 0 aliphatic rings. The molecule has 0 saturated carbocycles. The predicted molar refractivity (Wildman–Crippen MR) is 256 cm³/mol. The summed E-state index contributed by atoms with van der Waals surface area (Å²) >= 11 is 0. The average molecular weight is 761 g/mol. The van der Waals surface area contributed by atoms with Gasteiger partial charge >= 0.3 is 0 Å². The summed E-state index contributed by atoms with van der Waals surface area (Å²) in [6.45, 7) is 0. The summed E-state index contributed by atoms with van der Waals surface area (Å²) in [6.07, 6.45) is 0. The van der Waals surface area contributed by atoms with E-state index >= 15 is 0 Å². The minimum Gasteiger partial charge on any atom is -0.311 e. The molecule has 11 aromatic carbocycles. The van der Waals surface area contributed by atoms with Crippen molar-refractivity contribution >= 4 is 87.5 Å². The number of anilines is 3. The highest BCUT2D eigenvalue weighted by Crippen LogP contribution is 2.43. The molecule has 0 fully saturated rings. The lowest BCUT2D eigenvalue weighted by Crippen LogP contribution is -2.09. The normalized spacial score (nSPS) is 12.0. The highest BCUT2D eigenvalue weighted by Gasteiger charge is 2.19. The SMILES string of the molecule is c1ccc(-c2ccc(N(c3ccc(-c4cc5ccc6cccc7ccc(c4)c5c67)cc3)c3ccc(-c4ccc5c6cccc7c8ccccc8n(c5c4)c76)cc3)cc2)cc1. The highest BCUT2D eigenvalue weighted by atomic mass is 15.1. The number of nitrogens with zero attached hydrogens (tertiary/aromatic N) is 2. The minimum absolute atomic E-state index is 1.11. The van der Waals surface area contributed by atoms with Crippen LogP contribution in [-0.2, 0) is 0 Å². The van der Waals surface area contributed by atoms with Gasteiger partial charge in [-0.15, -0.1) is 0 Å². The molecule has 0 aliphatic heterocycles. The molecule has 2 heterocycles. The Morgan fingerprint density at radius 1 is 0.267 bits per heavy atom. The molecule has 13 rings (SSSR count). The molecule has 0 bridgehead atoms. The van der Waals surface area contributed by atoms with Gasteiger partial charge in [0.15, 0.2) is 0 Å². The van der Waals surface area contributed by atoms with Crippen molar-refractivity contribution in [3.8, 4) is 33.4 Å². The van der Waals surface area contributed by atoms with Gasteiger partial charge in [-0.3, -0.25) is 0 Å². The number of fused-ring (bicyclic) bond motifs is 6. The fraction of sp³-hybridized carbons (Fsp3) is 0. The van der Waals surface area contributed by atoms with Crippen LogP contribution < -0.4 is 4.90 Å². The van der Waals surface area contributed by atoms with Crippen LogP contribution in [0, 0.1) is 0 Å². The first-order valence-electron chi connectivity index (χ1n) is 20.7. The molecule has 2 heteroatoms. The standard InChI is InChI=1S/C58H36N2/c1-2-8-37(9-3-1)38-20-27-47(28-21-38)59(49-31-24-40(25-32-49)46-34-44-18-16-41-10-6-11-42-17-19-45(35-46)57(44)56(41)42)48-29-22-39(23-30-48)43-26-33-51-53-14-7-13-52-50-12-4-5-15-54(50)60(58(52)53)55(51)36-43/h1-36H. The van der Waals surface area contributed by atoms with Crippen LogP contribution in [0.2, 0.25) is 0 Å². The zero-order valence-electron chi connectivity index (χ0n) is 32.7. The second-order valence-electron chi connectivity index (χ2n) is 16.1. The average Bonchev–Trinajstić information content (AvgIpc) is 3.84. The summed E-state index contributed by atoms with van der Waals surface area (Å²) in [7, 11) is 0. The van der Waals surface area contributed by atoms with Crippen molar-refractivity contribution < 1.29 is 0 Å². The number of para-hydroxylation sites is 2. The van der Waals surface area contributed by atoms with E-state index < -0.39 is 0 Å². The molecule has 0 spiro atoms. The van der Waals surface area contributed by atoms with Gasteiger partial charge in [-0.25, -0.2) is 0 Å². The monoisotopic (exact) mass is 760 g/mol. The van der Waals surface area contributed by atoms with Gasteiger partial charge in [-0.1, -0.05) is 158 Å². The molecule has 0 aliphatic carbocycles. The van der Waals surface area contributed by atoms with E-state index in [1.54, 1.807) is 0 Å². The van der Waals surface area contributed by atoms with Gasteiger partial charge in [0.25, 0.3) is 0 Å². The summed E-state index contributed by atoms with van der Waals surface area (Å²) in [6, 6.07) is 80.4. The van der Waals surface area contributed by atoms with E-state index in [0.29, 0.717) is 0 Å². The number of benzene rings is 11. The molecule has 0 saturated heterocycles. The van der Waals surface area contributed by atoms with Crippen LogP contribution in [0.1, 0.15) is 0 Å². The summed E-state index contributed by atoms with van der Waals surface area (Å²) in [5, 5.41) is 13.0. The number of aromatic nitrogens is 1. The summed E-state index contributed by atoms with van der Waals surface area (Å²) in [4.78, 5) is 2.37. The van der Waals surface area contributed by atoms with Crippen LogP contribution in [0.3, 0.4) is 0 Å². The van der Waals surface area contributed by atoms with Gasteiger partial charge in [-0.05, 0) is 126 Å². The zero-order valence-corrected chi connectivity index (χ0v) is 32.7. The largest absolute Gasteiger partial charge is 0.311 e. The lowest BCUT2D eigenvalue weighted by Gasteiger charge is -2.26. The molecular formula is C58H36N2. The van der Waals surface area contributed by atoms with Crippen LogP contribution in [0.5, 0.6) is 0 Å². The van der Waals surface area contributed by atoms with E-state index in [2.05, 4.69) is 228 Å². The van der Waals surface area contributed by atoms with Crippen molar-refractivity contribution in [3.05, 3.63) is 218 Å². The number of rotatable bonds is 6. The van der Waals surface area contributed by atoms with Gasteiger partial charge in [0.2, 0.25) is 0 Å². The third-order valence-electron chi connectivity index (χ3n) is 12.8. The Labute approximate surface area is 347 Å². The van der Waals surface area contributed by atoms with Crippen LogP contribution in [0.15, 0.2) is 218 Å². The maximum absolute atomic E-state index is 2.46. The van der Waals surface area contributed by atoms with Crippen molar-refractivity contribution in [1.82, 2.24) is 4.40 Å². The van der Waals surface area contributed by atoms with Gasteiger partial charge in [0.1, 0.15) is 0 Å². The minimum atomic E-state index is 1.11. The second kappa shape index (κ2) is 12.8. The second-order valence-corrected chi connectivity index (χ2v) is 16.1. The Bertz CT molecular complexity index is 3670. The number of hydrogen-bond donors (Lipinski definition) is 0. The van der Waals surface area contributed by atoms with E-state index in [-0.39, 0.29) is 0 Å². The van der Waals surface area contributed by atoms with Gasteiger partial charge in [0, 0.05) is 38.6 Å². The van der Waals surface area contributed by atoms with E-state index in [0.717, 1.165) is 17.1 Å². The maximum atomic E-state index is 2.46. The van der Waals surface area contributed by atoms with Crippen molar-refractivity contribution in [1.29, 1.82) is 0 Å². The Balaban J connectivity index is 0.897. The quantitative estimate of drug-likeness (QED) is 0.153. The molecule has 2 aromatic heterocycles. The van der Waals surface area contributed by atoms with E-state index in [4.69, 9.17) is 0 Å². The van der Waals surface area contributed by atoms with Crippen LogP contribution in [0.4, 0.5) is 17.1 Å². The Morgan fingerprint density at radius 2 is 0.717 bits per heavy atom. The molecule has 0 amide bonds. The van der Waals surface area contributed by atoms with E-state index in [1.165, 1.54) is 104 Å². The van der Waals surface area contributed by atoms with Crippen molar-refractivity contribution in [2.45, 2.75) is 0 Å². The van der Waals surface area contributed by atoms with Gasteiger partial charge in [-0.2, -0.15) is 0 Å². The fourth-order valence-electron chi connectivity index (χ4n) is 10.0. The molecular weight excluding hydrogens is 725 g/mol. The molecule has 0 unspecified atom stereocenters. The lowest BCUT2D eigenvalue weighted by molar-refractivity contribution is 1.28. The van der Waals surface area contributed by atoms with E-state index in [9.17, 15) is 0 Å². The zero-order chi connectivity index (χ0) is 39.3. The highest BCUT2D eigenvalue weighted by molar-refractivity contribution is 6.24. The maximum Gasteiger partial charge on any atom is 0.0620 e. The van der Waals surface area contributed by atoms with Crippen LogP contribution in [-0.4, -0.2) is 4.40 Å². The third-order valence-corrected chi connectivity index (χ3v) is 12.8. The van der Waals surface area contributed by atoms with Crippen LogP contribution in [0.25, 0.3) is 104 Å². The first kappa shape index (κ1) is 33.1. The molecule has 2 nitrogen and oxygen atoms in total. The molecule has 13 aromatic rings. The van der Waals surface area contributed by atoms with Gasteiger partial charge < -0.3 is 9.30 Å². The lowest BCUT2D eigenvalue weighted by atomic mass is 9.91. The smallest absolute Gasteiger partial charge is 0.0620 e. The van der Waals surface area contributed by atoms with E-state index in [1.807, 2.05) is 0 Å². The predicted octanol–water partition coefficient (Wildman–Crippen LogP) is 16.2. The first-order chi connectivity index (χ1) is 29.7. The first-order valence-corrected chi connectivity index (χ1v) is 20.7. The Hall–Kier alpha value is -7.94. The molecule has 60 heavy (non-hydrogen) atoms. The van der Waals surface area contributed by atoms with Gasteiger partial charge in [0.05, 0.1) is 16.6 Å². The molecule has 0 N–H and O–H groups in total.